The largest absolute Gasteiger partial charge is 0.451 e. The highest BCUT2D eigenvalue weighted by molar-refractivity contribution is 5.34. The van der Waals surface area contributed by atoms with Gasteiger partial charge in [0.15, 0.2) is 34.8 Å². The summed E-state index contributed by atoms with van der Waals surface area (Å²) in [6.45, 7) is 0. The van der Waals surface area contributed by atoms with Crippen LogP contribution in [0, 0.1) is 34.9 Å². The summed E-state index contributed by atoms with van der Waals surface area (Å²) in [5.41, 5.74) is 0. The Hall–Kier alpha value is -2.18. The number of hydrogen-bond donors (Lipinski definition) is 0. The van der Waals surface area contributed by atoms with E-state index in [1.165, 1.54) is 0 Å². The van der Waals surface area contributed by atoms with E-state index in [4.69, 9.17) is 0 Å². The van der Waals surface area contributed by atoms with E-state index in [1.54, 1.807) is 0 Å². The molecule has 0 aromatic heterocycles. The molecule has 0 N–H and O–H groups in total. The summed E-state index contributed by atoms with van der Waals surface area (Å²) in [4.78, 5) is 0. The fourth-order valence-corrected chi connectivity index (χ4v) is 1.29. The molecule has 0 aliphatic rings. The van der Waals surface area contributed by atoms with Gasteiger partial charge in [-0.1, -0.05) is 0 Å². The van der Waals surface area contributed by atoms with Crippen molar-refractivity contribution in [3.8, 4) is 11.5 Å². The molecule has 7 heteroatoms. The molecular weight excluding hydrogens is 274 g/mol. The van der Waals surface area contributed by atoms with Gasteiger partial charge in [-0.15, -0.1) is 0 Å². The third-order valence-electron chi connectivity index (χ3n) is 2.22. The predicted molar refractivity (Wildman–Crippen MR) is 52.7 cm³/mol. The Labute approximate surface area is 103 Å². The minimum Gasteiger partial charge on any atom is -0.451 e. The van der Waals surface area contributed by atoms with Gasteiger partial charge in [-0.05, 0) is 24.3 Å². The predicted octanol–water partition coefficient (Wildman–Crippen LogP) is 4.31. The highest BCUT2D eigenvalue weighted by atomic mass is 19.2. The molecule has 100 valence electrons. The van der Waals surface area contributed by atoms with Gasteiger partial charge in [0.05, 0.1) is 0 Å². The Morgan fingerprint density at radius 3 is 1.26 bits per heavy atom. The number of ether oxygens (including phenoxy) is 1. The zero-order valence-corrected chi connectivity index (χ0v) is 8.99. The Kier molecular flexibility index (Phi) is 3.37. The first-order chi connectivity index (χ1) is 8.91. The lowest BCUT2D eigenvalue weighted by molar-refractivity contribution is 0.365. The van der Waals surface area contributed by atoms with E-state index in [2.05, 4.69) is 4.74 Å². The van der Waals surface area contributed by atoms with Crippen molar-refractivity contribution in [2.75, 3.05) is 0 Å². The Morgan fingerprint density at radius 1 is 0.526 bits per heavy atom. The van der Waals surface area contributed by atoms with Crippen LogP contribution in [0.1, 0.15) is 0 Å². The molecular formula is C12H4F6O. The second-order valence-corrected chi connectivity index (χ2v) is 3.45. The first-order valence-electron chi connectivity index (χ1n) is 4.86. The molecule has 0 unspecified atom stereocenters. The molecule has 0 heterocycles. The molecule has 0 bridgehead atoms. The van der Waals surface area contributed by atoms with Crippen LogP contribution in [0.3, 0.4) is 0 Å². The van der Waals surface area contributed by atoms with Crippen molar-refractivity contribution < 1.29 is 31.1 Å². The van der Waals surface area contributed by atoms with Gasteiger partial charge in [0.2, 0.25) is 11.6 Å². The van der Waals surface area contributed by atoms with Crippen LogP contribution in [0.5, 0.6) is 11.5 Å². The first-order valence-corrected chi connectivity index (χ1v) is 4.86. The van der Waals surface area contributed by atoms with E-state index < -0.39 is 46.4 Å². The Balaban J connectivity index is 2.43. The van der Waals surface area contributed by atoms with Crippen LogP contribution in [-0.4, -0.2) is 0 Å². The van der Waals surface area contributed by atoms with Crippen molar-refractivity contribution in [3.05, 3.63) is 59.2 Å². The summed E-state index contributed by atoms with van der Waals surface area (Å²) >= 11 is 0. The van der Waals surface area contributed by atoms with Crippen LogP contribution >= 0.6 is 0 Å². The smallest absolute Gasteiger partial charge is 0.204 e. The lowest BCUT2D eigenvalue weighted by Gasteiger charge is -2.09. The SMILES string of the molecule is Fc1ccc(Oc2ccc(F)c(F)c2F)c(F)c1F. The molecule has 0 aliphatic heterocycles. The van der Waals surface area contributed by atoms with E-state index in [1.807, 2.05) is 0 Å². The molecule has 2 aromatic rings. The van der Waals surface area contributed by atoms with E-state index in [-0.39, 0.29) is 0 Å². The van der Waals surface area contributed by atoms with E-state index >= 15 is 0 Å². The van der Waals surface area contributed by atoms with Crippen molar-refractivity contribution in [2.24, 2.45) is 0 Å². The highest BCUT2D eigenvalue weighted by Gasteiger charge is 2.19. The van der Waals surface area contributed by atoms with Crippen molar-refractivity contribution in [1.82, 2.24) is 0 Å². The van der Waals surface area contributed by atoms with Crippen LogP contribution in [0.15, 0.2) is 24.3 Å². The number of halogens is 6. The zero-order valence-electron chi connectivity index (χ0n) is 8.99. The number of rotatable bonds is 2. The van der Waals surface area contributed by atoms with E-state index in [9.17, 15) is 26.3 Å². The van der Waals surface area contributed by atoms with Crippen molar-refractivity contribution in [3.63, 3.8) is 0 Å². The van der Waals surface area contributed by atoms with E-state index in [0.717, 1.165) is 0 Å². The van der Waals surface area contributed by atoms with Crippen molar-refractivity contribution in [1.29, 1.82) is 0 Å². The monoisotopic (exact) mass is 278 g/mol. The van der Waals surface area contributed by atoms with Gasteiger partial charge in [-0.25, -0.2) is 17.6 Å². The topological polar surface area (TPSA) is 9.23 Å². The maximum atomic E-state index is 13.2. The Bertz CT molecular complexity index is 585. The summed E-state index contributed by atoms with van der Waals surface area (Å²) in [6, 6.07) is 2.47. The first kappa shape index (κ1) is 13.3. The average Bonchev–Trinajstić information content (AvgIpc) is 2.39. The summed E-state index contributed by atoms with van der Waals surface area (Å²) < 4.78 is 82.0. The van der Waals surface area contributed by atoms with Gasteiger partial charge in [-0.2, -0.15) is 8.78 Å². The van der Waals surface area contributed by atoms with Gasteiger partial charge < -0.3 is 4.74 Å². The van der Waals surface area contributed by atoms with Crippen LogP contribution < -0.4 is 4.74 Å². The van der Waals surface area contributed by atoms with Crippen molar-refractivity contribution >= 4 is 0 Å². The van der Waals surface area contributed by atoms with Crippen LogP contribution in [0.4, 0.5) is 26.3 Å². The van der Waals surface area contributed by atoms with E-state index in [0.29, 0.717) is 24.3 Å². The van der Waals surface area contributed by atoms with Gasteiger partial charge in [-0.3, -0.25) is 0 Å². The molecule has 2 aromatic carbocycles. The fraction of sp³-hybridized carbons (Fsp3) is 0. The summed E-state index contributed by atoms with van der Waals surface area (Å²) in [7, 11) is 0. The van der Waals surface area contributed by atoms with Crippen LogP contribution in [-0.2, 0) is 0 Å². The summed E-state index contributed by atoms with van der Waals surface area (Å²) in [6.07, 6.45) is 0. The van der Waals surface area contributed by atoms with Gasteiger partial charge in [0, 0.05) is 0 Å². The van der Waals surface area contributed by atoms with Gasteiger partial charge >= 0.3 is 0 Å². The molecule has 0 saturated heterocycles. The second-order valence-electron chi connectivity index (χ2n) is 3.45. The third-order valence-corrected chi connectivity index (χ3v) is 2.22. The normalized spacial score (nSPS) is 10.6. The number of hydrogen-bond acceptors (Lipinski definition) is 1. The lowest BCUT2D eigenvalue weighted by atomic mass is 10.3. The molecule has 0 fully saturated rings. The maximum absolute atomic E-state index is 13.2. The highest BCUT2D eigenvalue weighted by Crippen LogP contribution is 2.30. The quantitative estimate of drug-likeness (QED) is 0.587. The van der Waals surface area contributed by atoms with Gasteiger partial charge in [0.25, 0.3) is 0 Å². The number of benzene rings is 2. The second kappa shape index (κ2) is 4.83. The average molecular weight is 278 g/mol. The molecule has 19 heavy (non-hydrogen) atoms. The molecule has 0 saturated carbocycles. The fourth-order valence-electron chi connectivity index (χ4n) is 1.29. The molecule has 0 aliphatic carbocycles. The molecule has 2 rings (SSSR count). The van der Waals surface area contributed by atoms with Crippen LogP contribution in [0.25, 0.3) is 0 Å². The molecule has 0 radical (unpaired) electrons. The molecule has 0 spiro atoms. The molecule has 0 atom stereocenters. The third kappa shape index (κ3) is 2.35. The standard InChI is InChI=1S/C12H4F6O/c13-5-1-3-7(11(17)9(5)15)19-8-4-2-6(14)10(16)12(8)18/h1-4H. The summed E-state index contributed by atoms with van der Waals surface area (Å²) in [5.74, 6) is -11.7. The minimum atomic E-state index is -1.82. The van der Waals surface area contributed by atoms with Crippen LogP contribution in [0.2, 0.25) is 0 Å². The van der Waals surface area contributed by atoms with Crippen molar-refractivity contribution in [2.45, 2.75) is 0 Å². The Morgan fingerprint density at radius 2 is 0.895 bits per heavy atom. The maximum Gasteiger partial charge on any atom is 0.204 e. The lowest BCUT2D eigenvalue weighted by Crippen LogP contribution is -1.99. The van der Waals surface area contributed by atoms with Gasteiger partial charge in [0.1, 0.15) is 0 Å². The zero-order chi connectivity index (χ0) is 14.2. The summed E-state index contributed by atoms with van der Waals surface area (Å²) in [5, 5.41) is 0. The molecule has 1 nitrogen and oxygen atoms in total. The minimum absolute atomic E-state index is 0.547. The molecule has 0 amide bonds.